The topological polar surface area (TPSA) is 101 Å². The van der Waals surface area contributed by atoms with Gasteiger partial charge in [-0.15, -0.1) is 0 Å². The molecular formula is C35H37N3O4Si. The molecule has 0 spiro atoms. The number of hydrogen-bond donors (Lipinski definition) is 0. The molecule has 43 heavy (non-hydrogen) atoms. The molecule has 4 aromatic carbocycles. The summed E-state index contributed by atoms with van der Waals surface area (Å²) in [5.74, 6) is -0.740. The van der Waals surface area contributed by atoms with Crippen LogP contribution < -0.4 is 15.6 Å². The van der Waals surface area contributed by atoms with Crippen LogP contribution >= 0.6 is 0 Å². The molecule has 0 saturated carbocycles. The second kappa shape index (κ2) is 15.5. The zero-order valence-corrected chi connectivity index (χ0v) is 25.6. The van der Waals surface area contributed by atoms with E-state index in [9.17, 15) is 15.1 Å². The minimum atomic E-state index is -3.10. The van der Waals surface area contributed by atoms with Crippen molar-refractivity contribution in [3.8, 4) is 0 Å². The standard InChI is InChI=1S/C35H37N3O4Si/c1-3-41-35(40)25-24-32(37-38-36)34(26-33(42-27(2)39)28-16-8-4-9-17-28)43(29-18-10-5-11-19-29,30-20-12-6-13-21-30)31-22-14-7-15-23-31/h4-23,32-34H,3,24-26H2,1-2H3/t32-,33-,34-/m0/s1. The van der Waals surface area contributed by atoms with Crippen molar-refractivity contribution in [2.24, 2.45) is 5.11 Å². The van der Waals surface area contributed by atoms with Crippen molar-refractivity contribution in [1.29, 1.82) is 0 Å². The van der Waals surface area contributed by atoms with E-state index in [-0.39, 0.29) is 31.0 Å². The molecule has 0 amide bonds. The highest BCUT2D eigenvalue weighted by molar-refractivity contribution is 7.12. The van der Waals surface area contributed by atoms with Crippen LogP contribution in [-0.4, -0.2) is 32.7 Å². The van der Waals surface area contributed by atoms with Crippen molar-refractivity contribution in [2.45, 2.75) is 50.8 Å². The van der Waals surface area contributed by atoms with Gasteiger partial charge < -0.3 is 9.47 Å². The number of esters is 2. The van der Waals surface area contributed by atoms with E-state index in [1.54, 1.807) is 6.92 Å². The highest BCUT2D eigenvalue weighted by atomic mass is 28.3. The molecule has 0 bridgehead atoms. The van der Waals surface area contributed by atoms with E-state index in [0.29, 0.717) is 6.42 Å². The highest BCUT2D eigenvalue weighted by Crippen LogP contribution is 2.40. The minimum Gasteiger partial charge on any atom is -0.466 e. The first kappa shape index (κ1) is 31.3. The second-order valence-electron chi connectivity index (χ2n) is 10.4. The lowest BCUT2D eigenvalue weighted by atomic mass is 9.98. The highest BCUT2D eigenvalue weighted by Gasteiger charge is 2.50. The number of benzene rings is 4. The molecular weight excluding hydrogens is 554 g/mol. The molecule has 7 nitrogen and oxygen atoms in total. The number of carbonyl (C=O) groups is 2. The van der Waals surface area contributed by atoms with Crippen molar-refractivity contribution in [1.82, 2.24) is 0 Å². The first-order valence-electron chi connectivity index (χ1n) is 14.6. The minimum absolute atomic E-state index is 0.0977. The van der Waals surface area contributed by atoms with Gasteiger partial charge >= 0.3 is 11.9 Å². The fourth-order valence-electron chi connectivity index (χ4n) is 6.12. The molecule has 0 aliphatic carbocycles. The van der Waals surface area contributed by atoms with Crippen LogP contribution in [0, 0.1) is 0 Å². The predicted molar refractivity (Wildman–Crippen MR) is 172 cm³/mol. The molecule has 0 radical (unpaired) electrons. The summed E-state index contributed by atoms with van der Waals surface area (Å²) in [5.41, 5.74) is 10.4. The third-order valence-corrected chi connectivity index (χ3v) is 13.3. The van der Waals surface area contributed by atoms with Gasteiger partial charge in [0.1, 0.15) is 6.10 Å². The van der Waals surface area contributed by atoms with Crippen LogP contribution in [0.15, 0.2) is 126 Å². The number of azide groups is 1. The van der Waals surface area contributed by atoms with Crippen LogP contribution in [0.2, 0.25) is 5.54 Å². The van der Waals surface area contributed by atoms with Crippen LogP contribution in [0.3, 0.4) is 0 Å². The first-order valence-corrected chi connectivity index (χ1v) is 16.7. The Morgan fingerprint density at radius 3 is 1.67 bits per heavy atom. The van der Waals surface area contributed by atoms with Crippen LogP contribution in [0.25, 0.3) is 10.4 Å². The number of nitrogens with zero attached hydrogens (tertiary/aromatic N) is 3. The molecule has 0 N–H and O–H groups in total. The molecule has 0 heterocycles. The Kier molecular flexibility index (Phi) is 11.3. The third kappa shape index (κ3) is 7.60. The lowest BCUT2D eigenvalue weighted by Crippen LogP contribution is -2.71. The van der Waals surface area contributed by atoms with Gasteiger partial charge in [-0.3, -0.25) is 9.59 Å². The fourth-order valence-corrected chi connectivity index (χ4v) is 11.9. The van der Waals surface area contributed by atoms with Crippen LogP contribution in [0.4, 0.5) is 0 Å². The maximum Gasteiger partial charge on any atom is 0.305 e. The van der Waals surface area contributed by atoms with E-state index < -0.39 is 26.2 Å². The van der Waals surface area contributed by atoms with Gasteiger partial charge in [-0.25, -0.2) is 0 Å². The van der Waals surface area contributed by atoms with Gasteiger partial charge in [0, 0.05) is 24.3 Å². The summed E-state index contributed by atoms with van der Waals surface area (Å²) in [5, 5.41) is 7.77. The van der Waals surface area contributed by atoms with Crippen molar-refractivity contribution < 1.29 is 19.1 Å². The average Bonchev–Trinajstić information content (AvgIpc) is 3.04. The first-order chi connectivity index (χ1) is 21.0. The lowest BCUT2D eigenvalue weighted by Gasteiger charge is -2.44. The van der Waals surface area contributed by atoms with Gasteiger partial charge in [-0.05, 0) is 52.0 Å². The molecule has 0 unspecified atom stereocenters. The molecule has 0 aliphatic rings. The van der Waals surface area contributed by atoms with Gasteiger partial charge in [0.15, 0.2) is 8.07 Å². The van der Waals surface area contributed by atoms with Crippen molar-refractivity contribution in [3.63, 3.8) is 0 Å². The van der Waals surface area contributed by atoms with E-state index in [0.717, 1.165) is 21.1 Å². The molecule has 0 aliphatic heterocycles. The van der Waals surface area contributed by atoms with Gasteiger partial charge in [0.05, 0.1) is 6.61 Å². The number of carbonyl (C=O) groups excluding carboxylic acids is 2. The summed E-state index contributed by atoms with van der Waals surface area (Å²) in [6, 6.07) is 40.0. The molecule has 0 aromatic heterocycles. The summed E-state index contributed by atoms with van der Waals surface area (Å²) in [4.78, 5) is 28.4. The fraction of sp³-hybridized carbons (Fsp3) is 0.257. The smallest absolute Gasteiger partial charge is 0.305 e. The summed E-state index contributed by atoms with van der Waals surface area (Å²) in [7, 11) is -3.10. The largest absolute Gasteiger partial charge is 0.466 e. The summed E-state index contributed by atoms with van der Waals surface area (Å²) in [6.07, 6.45) is 0.156. The number of ether oxygens (including phenoxy) is 2. The Bertz CT molecular complexity index is 1400. The zero-order valence-electron chi connectivity index (χ0n) is 24.6. The number of hydrogen-bond acceptors (Lipinski definition) is 5. The molecule has 4 aromatic rings. The van der Waals surface area contributed by atoms with Crippen LogP contribution in [0.1, 0.15) is 44.8 Å². The maximum atomic E-state index is 12.6. The molecule has 0 saturated heterocycles. The Morgan fingerprint density at radius 2 is 1.26 bits per heavy atom. The Balaban J connectivity index is 2.04. The van der Waals surface area contributed by atoms with E-state index in [2.05, 4.69) is 46.4 Å². The van der Waals surface area contributed by atoms with Crippen molar-refractivity contribution in [3.05, 3.63) is 137 Å². The average molecular weight is 592 g/mol. The molecule has 8 heteroatoms. The van der Waals surface area contributed by atoms with Crippen molar-refractivity contribution in [2.75, 3.05) is 6.61 Å². The number of rotatable bonds is 14. The maximum absolute atomic E-state index is 12.6. The van der Waals surface area contributed by atoms with E-state index in [1.165, 1.54) is 6.92 Å². The summed E-state index contributed by atoms with van der Waals surface area (Å²) in [6.45, 7) is 3.45. The molecule has 0 fully saturated rings. The Morgan fingerprint density at radius 1 is 0.791 bits per heavy atom. The summed E-state index contributed by atoms with van der Waals surface area (Å²) < 4.78 is 11.3. The van der Waals surface area contributed by atoms with E-state index in [4.69, 9.17) is 9.47 Å². The van der Waals surface area contributed by atoms with Gasteiger partial charge in [-0.1, -0.05) is 126 Å². The monoisotopic (exact) mass is 591 g/mol. The molecule has 3 atom stereocenters. The Labute approximate surface area is 254 Å². The Hall–Kier alpha value is -4.65. The zero-order chi connectivity index (χ0) is 30.5. The van der Waals surface area contributed by atoms with Gasteiger partial charge in [-0.2, -0.15) is 0 Å². The van der Waals surface area contributed by atoms with Crippen molar-refractivity contribution >= 4 is 35.6 Å². The molecule has 220 valence electrons. The summed E-state index contributed by atoms with van der Waals surface area (Å²) >= 11 is 0. The van der Waals surface area contributed by atoms with E-state index in [1.807, 2.05) is 84.9 Å². The quantitative estimate of drug-likeness (QED) is 0.0432. The lowest BCUT2D eigenvalue weighted by molar-refractivity contribution is -0.147. The van der Waals surface area contributed by atoms with Crippen LogP contribution in [-0.2, 0) is 19.1 Å². The SMILES string of the molecule is CCOC(=O)CC[C@H](N=[N+]=[N-])[C@H](C[C@H](OC(C)=O)c1ccccc1)[Si](c1ccccc1)(c1ccccc1)c1ccccc1. The van der Waals surface area contributed by atoms with E-state index >= 15 is 0 Å². The third-order valence-electron chi connectivity index (χ3n) is 7.81. The second-order valence-corrected chi connectivity index (χ2v) is 14.5. The normalized spacial score (nSPS) is 13.2. The van der Waals surface area contributed by atoms with Crippen LogP contribution in [0.5, 0.6) is 0 Å². The van der Waals surface area contributed by atoms with Gasteiger partial charge in [0.25, 0.3) is 0 Å². The molecule has 4 rings (SSSR count). The van der Waals surface area contributed by atoms with Gasteiger partial charge in [0.2, 0.25) is 0 Å². The predicted octanol–water partition coefficient (Wildman–Crippen LogP) is 6.24.